The molecule has 0 aromatic heterocycles. The first-order valence-electron chi connectivity index (χ1n) is 6.33. The SMILES string of the molecule is CC(Sc1ccccc1Cl)C(=O)N(C)c1ccccc1. The molecular weight excluding hydrogens is 290 g/mol. The summed E-state index contributed by atoms with van der Waals surface area (Å²) >= 11 is 7.60. The fourth-order valence-corrected chi connectivity index (χ4v) is 3.08. The first kappa shape index (κ1) is 14.9. The molecular formula is C16H16ClNOS. The van der Waals surface area contributed by atoms with Gasteiger partial charge in [0, 0.05) is 17.6 Å². The Labute approximate surface area is 128 Å². The van der Waals surface area contributed by atoms with Gasteiger partial charge in [-0.05, 0) is 31.2 Å². The molecule has 2 rings (SSSR count). The zero-order chi connectivity index (χ0) is 14.5. The predicted octanol–water partition coefficient (Wildman–Crippen LogP) is 4.48. The number of para-hydroxylation sites is 1. The Kier molecular flexibility index (Phi) is 5.10. The molecule has 0 fully saturated rings. The minimum Gasteiger partial charge on any atom is -0.315 e. The summed E-state index contributed by atoms with van der Waals surface area (Å²) in [5, 5.41) is 0.486. The summed E-state index contributed by atoms with van der Waals surface area (Å²) in [7, 11) is 1.79. The van der Waals surface area contributed by atoms with Crippen LogP contribution < -0.4 is 4.90 Å². The van der Waals surface area contributed by atoms with Crippen LogP contribution in [0.4, 0.5) is 5.69 Å². The topological polar surface area (TPSA) is 20.3 Å². The van der Waals surface area contributed by atoms with Crippen LogP contribution in [0.15, 0.2) is 59.5 Å². The lowest BCUT2D eigenvalue weighted by Crippen LogP contribution is -2.33. The molecule has 0 saturated carbocycles. The molecule has 0 aliphatic rings. The second kappa shape index (κ2) is 6.82. The van der Waals surface area contributed by atoms with Crippen molar-refractivity contribution in [1.29, 1.82) is 0 Å². The third-order valence-corrected chi connectivity index (χ3v) is 4.57. The largest absolute Gasteiger partial charge is 0.315 e. The van der Waals surface area contributed by atoms with Gasteiger partial charge in [-0.2, -0.15) is 0 Å². The molecule has 2 nitrogen and oxygen atoms in total. The fraction of sp³-hybridized carbons (Fsp3) is 0.188. The van der Waals surface area contributed by atoms with Crippen LogP contribution in [0.3, 0.4) is 0 Å². The summed E-state index contributed by atoms with van der Waals surface area (Å²) in [6, 6.07) is 17.2. The molecule has 0 aliphatic heterocycles. The molecule has 1 atom stereocenters. The average molecular weight is 306 g/mol. The summed E-state index contributed by atoms with van der Waals surface area (Å²) < 4.78 is 0. The van der Waals surface area contributed by atoms with Gasteiger partial charge in [0.05, 0.1) is 10.3 Å². The summed E-state index contributed by atoms with van der Waals surface area (Å²) in [6.07, 6.45) is 0. The van der Waals surface area contributed by atoms with Gasteiger partial charge in [0.15, 0.2) is 0 Å². The number of rotatable bonds is 4. The van der Waals surface area contributed by atoms with Crippen LogP contribution in [0, 0.1) is 0 Å². The van der Waals surface area contributed by atoms with E-state index in [1.165, 1.54) is 11.8 Å². The van der Waals surface area contributed by atoms with E-state index in [4.69, 9.17) is 11.6 Å². The first-order chi connectivity index (χ1) is 9.59. The lowest BCUT2D eigenvalue weighted by atomic mass is 10.3. The number of nitrogens with zero attached hydrogens (tertiary/aromatic N) is 1. The average Bonchev–Trinajstić information content (AvgIpc) is 2.49. The molecule has 0 bridgehead atoms. The van der Waals surface area contributed by atoms with Crippen LogP contribution >= 0.6 is 23.4 Å². The van der Waals surface area contributed by atoms with Crippen LogP contribution in [0.2, 0.25) is 5.02 Å². The molecule has 104 valence electrons. The number of amides is 1. The van der Waals surface area contributed by atoms with Crippen molar-refractivity contribution < 1.29 is 4.79 Å². The number of anilines is 1. The molecule has 0 spiro atoms. The van der Waals surface area contributed by atoms with Gasteiger partial charge < -0.3 is 4.90 Å². The second-order valence-corrected chi connectivity index (χ2v) is 6.21. The van der Waals surface area contributed by atoms with Crippen molar-refractivity contribution in [1.82, 2.24) is 0 Å². The fourth-order valence-electron chi connectivity index (χ4n) is 1.83. The third-order valence-electron chi connectivity index (χ3n) is 2.96. The lowest BCUT2D eigenvalue weighted by molar-refractivity contribution is -0.117. The first-order valence-corrected chi connectivity index (χ1v) is 7.59. The molecule has 0 N–H and O–H groups in total. The van der Waals surface area contributed by atoms with Crippen molar-refractivity contribution in [2.75, 3.05) is 11.9 Å². The van der Waals surface area contributed by atoms with Crippen LogP contribution in [0.1, 0.15) is 6.92 Å². The van der Waals surface area contributed by atoms with Gasteiger partial charge in [0.25, 0.3) is 0 Å². The minimum absolute atomic E-state index is 0.0566. The summed E-state index contributed by atoms with van der Waals surface area (Å²) in [6.45, 7) is 1.90. The van der Waals surface area contributed by atoms with Gasteiger partial charge in [-0.15, -0.1) is 11.8 Å². The molecule has 0 radical (unpaired) electrons. The number of hydrogen-bond donors (Lipinski definition) is 0. The van der Waals surface area contributed by atoms with E-state index in [-0.39, 0.29) is 11.2 Å². The Bertz CT molecular complexity index is 588. The Hall–Kier alpha value is -1.45. The maximum absolute atomic E-state index is 12.4. The number of thioether (sulfide) groups is 1. The molecule has 1 unspecified atom stereocenters. The Morgan fingerprint density at radius 3 is 2.35 bits per heavy atom. The number of carbonyl (C=O) groups excluding carboxylic acids is 1. The highest BCUT2D eigenvalue weighted by molar-refractivity contribution is 8.00. The third kappa shape index (κ3) is 3.56. The van der Waals surface area contributed by atoms with Gasteiger partial charge in [0.2, 0.25) is 5.91 Å². The zero-order valence-corrected chi connectivity index (χ0v) is 13.0. The molecule has 1 amide bonds. The quantitative estimate of drug-likeness (QED) is 0.776. The van der Waals surface area contributed by atoms with Gasteiger partial charge in [-0.3, -0.25) is 4.79 Å². The van der Waals surface area contributed by atoms with Crippen molar-refractivity contribution in [2.24, 2.45) is 0 Å². The molecule has 0 heterocycles. The smallest absolute Gasteiger partial charge is 0.239 e. The van der Waals surface area contributed by atoms with E-state index >= 15 is 0 Å². The van der Waals surface area contributed by atoms with Gasteiger partial charge in [-0.1, -0.05) is 41.9 Å². The molecule has 2 aromatic carbocycles. The van der Waals surface area contributed by atoms with Gasteiger partial charge in [0.1, 0.15) is 0 Å². The highest BCUT2D eigenvalue weighted by atomic mass is 35.5. The van der Waals surface area contributed by atoms with Crippen molar-refractivity contribution in [3.05, 3.63) is 59.6 Å². The Morgan fingerprint density at radius 1 is 1.10 bits per heavy atom. The number of hydrogen-bond acceptors (Lipinski definition) is 2. The van der Waals surface area contributed by atoms with Crippen LogP contribution in [0.25, 0.3) is 0 Å². The number of carbonyl (C=O) groups is 1. The van der Waals surface area contributed by atoms with Crippen molar-refractivity contribution >= 4 is 35.0 Å². The molecule has 2 aromatic rings. The van der Waals surface area contributed by atoms with Crippen LogP contribution in [-0.4, -0.2) is 18.2 Å². The van der Waals surface area contributed by atoms with E-state index in [0.29, 0.717) is 5.02 Å². The molecule has 20 heavy (non-hydrogen) atoms. The van der Waals surface area contributed by atoms with Crippen molar-refractivity contribution in [3.8, 4) is 0 Å². The molecule has 0 saturated heterocycles. The van der Waals surface area contributed by atoms with Gasteiger partial charge in [-0.25, -0.2) is 0 Å². The highest BCUT2D eigenvalue weighted by Gasteiger charge is 2.20. The minimum atomic E-state index is -0.194. The summed E-state index contributed by atoms with van der Waals surface area (Å²) in [4.78, 5) is 15.0. The van der Waals surface area contributed by atoms with Crippen molar-refractivity contribution in [2.45, 2.75) is 17.1 Å². The monoisotopic (exact) mass is 305 g/mol. The van der Waals surface area contributed by atoms with Crippen LogP contribution in [-0.2, 0) is 4.79 Å². The molecule has 0 aliphatic carbocycles. The maximum atomic E-state index is 12.4. The standard InChI is InChI=1S/C16H16ClNOS/c1-12(20-15-11-7-6-10-14(15)17)16(19)18(2)13-8-4-3-5-9-13/h3-12H,1-2H3. The summed E-state index contributed by atoms with van der Waals surface area (Å²) in [5.41, 5.74) is 0.893. The number of benzene rings is 2. The normalized spacial score (nSPS) is 11.9. The van der Waals surface area contributed by atoms with E-state index in [9.17, 15) is 4.79 Å². The summed E-state index contributed by atoms with van der Waals surface area (Å²) in [5.74, 6) is 0.0566. The van der Waals surface area contributed by atoms with E-state index in [2.05, 4.69) is 0 Å². The predicted molar refractivity (Wildman–Crippen MR) is 86.6 cm³/mol. The number of halogens is 1. The van der Waals surface area contributed by atoms with E-state index < -0.39 is 0 Å². The van der Waals surface area contributed by atoms with E-state index in [1.807, 2.05) is 61.5 Å². The van der Waals surface area contributed by atoms with Gasteiger partial charge >= 0.3 is 0 Å². The van der Waals surface area contributed by atoms with E-state index in [0.717, 1.165) is 10.6 Å². The molecule has 4 heteroatoms. The highest BCUT2D eigenvalue weighted by Crippen LogP contribution is 2.31. The Morgan fingerprint density at radius 2 is 1.70 bits per heavy atom. The van der Waals surface area contributed by atoms with Crippen molar-refractivity contribution in [3.63, 3.8) is 0 Å². The Balaban J connectivity index is 2.08. The maximum Gasteiger partial charge on any atom is 0.239 e. The van der Waals surface area contributed by atoms with Crippen LogP contribution in [0.5, 0.6) is 0 Å². The van der Waals surface area contributed by atoms with E-state index in [1.54, 1.807) is 11.9 Å². The second-order valence-electron chi connectivity index (χ2n) is 4.42. The zero-order valence-electron chi connectivity index (χ0n) is 11.4. The lowest BCUT2D eigenvalue weighted by Gasteiger charge is -2.21.